The Hall–Kier alpha value is -1.10. The largest absolute Gasteiger partial charge is 0.359 e. The van der Waals surface area contributed by atoms with E-state index in [9.17, 15) is 9.59 Å². The summed E-state index contributed by atoms with van der Waals surface area (Å²) in [5.41, 5.74) is 5.43. The fraction of sp³-hybridized carbons (Fsp3) is 0.778. The average Bonchev–Trinajstić information content (AvgIpc) is 2.14. The number of hydrogen-bond donors (Lipinski definition) is 2. The van der Waals surface area contributed by atoms with Crippen LogP contribution in [0.4, 0.5) is 0 Å². The zero-order valence-electron chi connectivity index (χ0n) is 9.20. The SMILES string of the molecule is CNC(=O)C(C)CN(C)C(=O)[C@H](C)N. The van der Waals surface area contributed by atoms with E-state index < -0.39 is 6.04 Å². The molecule has 2 atom stereocenters. The number of carbonyl (C=O) groups excluding carboxylic acids is 2. The molecule has 0 saturated carbocycles. The van der Waals surface area contributed by atoms with Crippen LogP contribution in [0, 0.1) is 5.92 Å². The number of nitrogens with two attached hydrogens (primary N) is 1. The molecule has 0 bridgehead atoms. The fourth-order valence-electron chi connectivity index (χ4n) is 1.18. The molecule has 0 aromatic carbocycles. The van der Waals surface area contributed by atoms with Crippen molar-refractivity contribution in [1.29, 1.82) is 0 Å². The van der Waals surface area contributed by atoms with E-state index in [0.717, 1.165) is 0 Å². The number of hydrogen-bond acceptors (Lipinski definition) is 3. The quantitative estimate of drug-likeness (QED) is 0.623. The van der Waals surface area contributed by atoms with Gasteiger partial charge < -0.3 is 16.0 Å². The van der Waals surface area contributed by atoms with E-state index in [1.54, 1.807) is 27.9 Å². The third kappa shape index (κ3) is 3.74. The Morgan fingerprint density at radius 3 is 2.29 bits per heavy atom. The van der Waals surface area contributed by atoms with Gasteiger partial charge in [-0.1, -0.05) is 6.92 Å². The smallest absolute Gasteiger partial charge is 0.238 e. The second-order valence-electron chi connectivity index (χ2n) is 3.52. The van der Waals surface area contributed by atoms with Gasteiger partial charge in [-0.2, -0.15) is 0 Å². The summed E-state index contributed by atoms with van der Waals surface area (Å²) in [6.45, 7) is 3.78. The summed E-state index contributed by atoms with van der Waals surface area (Å²) >= 11 is 0. The predicted octanol–water partition coefficient (Wildman–Crippen LogP) is -0.826. The van der Waals surface area contributed by atoms with Gasteiger partial charge in [0.1, 0.15) is 0 Å². The molecule has 0 aliphatic rings. The molecule has 0 aromatic rings. The van der Waals surface area contributed by atoms with E-state index in [4.69, 9.17) is 5.73 Å². The van der Waals surface area contributed by atoms with Gasteiger partial charge >= 0.3 is 0 Å². The van der Waals surface area contributed by atoms with Crippen LogP contribution in [0.15, 0.2) is 0 Å². The highest BCUT2D eigenvalue weighted by atomic mass is 16.2. The minimum absolute atomic E-state index is 0.0747. The third-order valence-corrected chi connectivity index (χ3v) is 2.01. The van der Waals surface area contributed by atoms with Crippen LogP contribution in [0.3, 0.4) is 0 Å². The standard InChI is InChI=1S/C9H19N3O2/c1-6(8(13)11-3)5-12(4)9(14)7(2)10/h6-7H,5,10H2,1-4H3,(H,11,13)/t6?,7-/m0/s1. The highest BCUT2D eigenvalue weighted by molar-refractivity contribution is 5.82. The number of likely N-dealkylation sites (N-methyl/N-ethyl adjacent to an activating group) is 1. The third-order valence-electron chi connectivity index (χ3n) is 2.01. The predicted molar refractivity (Wildman–Crippen MR) is 54.5 cm³/mol. The lowest BCUT2D eigenvalue weighted by Gasteiger charge is -2.22. The molecular formula is C9H19N3O2. The molecule has 82 valence electrons. The molecule has 0 saturated heterocycles. The van der Waals surface area contributed by atoms with Crippen LogP contribution < -0.4 is 11.1 Å². The summed E-state index contributed by atoms with van der Waals surface area (Å²) < 4.78 is 0. The Bertz CT molecular complexity index is 216. The van der Waals surface area contributed by atoms with Crippen molar-refractivity contribution in [1.82, 2.24) is 10.2 Å². The van der Waals surface area contributed by atoms with Crippen LogP contribution in [0.25, 0.3) is 0 Å². The first-order valence-corrected chi connectivity index (χ1v) is 4.62. The number of carbonyl (C=O) groups is 2. The number of nitrogens with zero attached hydrogens (tertiary/aromatic N) is 1. The van der Waals surface area contributed by atoms with Crippen molar-refractivity contribution in [2.75, 3.05) is 20.6 Å². The molecule has 0 aromatic heterocycles. The summed E-state index contributed by atoms with van der Waals surface area (Å²) in [4.78, 5) is 24.0. The van der Waals surface area contributed by atoms with Crippen molar-refractivity contribution < 1.29 is 9.59 Å². The molecule has 14 heavy (non-hydrogen) atoms. The fourth-order valence-corrected chi connectivity index (χ4v) is 1.18. The first kappa shape index (κ1) is 12.9. The van der Waals surface area contributed by atoms with Crippen LogP contribution >= 0.6 is 0 Å². The van der Waals surface area contributed by atoms with E-state index >= 15 is 0 Å². The van der Waals surface area contributed by atoms with Gasteiger partial charge in [0.15, 0.2) is 0 Å². The summed E-state index contributed by atoms with van der Waals surface area (Å²) in [6, 6.07) is -0.517. The van der Waals surface area contributed by atoms with Gasteiger partial charge in [0.05, 0.1) is 12.0 Å². The Morgan fingerprint density at radius 2 is 1.93 bits per heavy atom. The van der Waals surface area contributed by atoms with Gasteiger partial charge in [-0.15, -0.1) is 0 Å². The lowest BCUT2D eigenvalue weighted by atomic mass is 10.1. The first-order valence-electron chi connectivity index (χ1n) is 4.62. The van der Waals surface area contributed by atoms with Crippen molar-refractivity contribution in [3.63, 3.8) is 0 Å². The van der Waals surface area contributed by atoms with Gasteiger partial charge in [0, 0.05) is 20.6 Å². The maximum Gasteiger partial charge on any atom is 0.238 e. The van der Waals surface area contributed by atoms with Gasteiger partial charge in [-0.05, 0) is 6.92 Å². The maximum atomic E-state index is 11.4. The van der Waals surface area contributed by atoms with Crippen molar-refractivity contribution in [2.24, 2.45) is 11.7 Å². The molecule has 0 aliphatic carbocycles. The summed E-state index contributed by atoms with van der Waals surface area (Å²) in [5.74, 6) is -0.442. The van der Waals surface area contributed by atoms with Crippen molar-refractivity contribution >= 4 is 11.8 Å². The molecule has 0 heterocycles. The van der Waals surface area contributed by atoms with Gasteiger partial charge in [0.2, 0.25) is 11.8 Å². The Labute approximate surface area is 84.6 Å². The lowest BCUT2D eigenvalue weighted by Crippen LogP contribution is -2.43. The van der Waals surface area contributed by atoms with Crippen molar-refractivity contribution in [3.05, 3.63) is 0 Å². The minimum Gasteiger partial charge on any atom is -0.359 e. The minimum atomic E-state index is -0.517. The van der Waals surface area contributed by atoms with E-state index in [1.165, 1.54) is 4.90 Å². The van der Waals surface area contributed by atoms with Crippen molar-refractivity contribution in [3.8, 4) is 0 Å². The lowest BCUT2D eigenvalue weighted by molar-refractivity contribution is -0.132. The molecule has 2 amide bonds. The van der Waals surface area contributed by atoms with Crippen LogP contribution in [-0.4, -0.2) is 43.4 Å². The number of rotatable bonds is 4. The molecule has 0 radical (unpaired) electrons. The highest BCUT2D eigenvalue weighted by Crippen LogP contribution is 1.99. The second-order valence-corrected chi connectivity index (χ2v) is 3.52. The summed E-state index contributed by atoms with van der Waals surface area (Å²) in [7, 11) is 3.22. The van der Waals surface area contributed by atoms with E-state index in [1.807, 2.05) is 0 Å². The molecule has 1 unspecified atom stereocenters. The molecule has 0 rings (SSSR count). The van der Waals surface area contributed by atoms with Gasteiger partial charge in [0.25, 0.3) is 0 Å². The molecule has 5 heteroatoms. The number of amides is 2. The Morgan fingerprint density at radius 1 is 1.43 bits per heavy atom. The monoisotopic (exact) mass is 201 g/mol. The van der Waals surface area contributed by atoms with Crippen LogP contribution in [0.5, 0.6) is 0 Å². The molecule has 0 fully saturated rings. The van der Waals surface area contributed by atoms with E-state index in [-0.39, 0.29) is 17.7 Å². The normalized spacial score (nSPS) is 14.4. The molecule has 5 nitrogen and oxygen atoms in total. The Balaban J connectivity index is 4.12. The zero-order chi connectivity index (χ0) is 11.3. The van der Waals surface area contributed by atoms with E-state index in [2.05, 4.69) is 5.32 Å². The number of nitrogens with one attached hydrogen (secondary N) is 1. The summed E-state index contributed by atoms with van der Waals surface area (Å²) in [5, 5.41) is 2.53. The maximum absolute atomic E-state index is 11.4. The summed E-state index contributed by atoms with van der Waals surface area (Å²) in [6.07, 6.45) is 0. The Kier molecular flexibility index (Phi) is 5.15. The average molecular weight is 201 g/mol. The molecule has 3 N–H and O–H groups in total. The van der Waals surface area contributed by atoms with Gasteiger partial charge in [-0.3, -0.25) is 9.59 Å². The van der Waals surface area contributed by atoms with Crippen molar-refractivity contribution in [2.45, 2.75) is 19.9 Å². The molecule has 0 spiro atoms. The van der Waals surface area contributed by atoms with Crippen LogP contribution in [0.2, 0.25) is 0 Å². The van der Waals surface area contributed by atoms with Crippen LogP contribution in [0.1, 0.15) is 13.8 Å². The highest BCUT2D eigenvalue weighted by Gasteiger charge is 2.18. The van der Waals surface area contributed by atoms with Gasteiger partial charge in [-0.25, -0.2) is 0 Å². The topological polar surface area (TPSA) is 75.4 Å². The zero-order valence-corrected chi connectivity index (χ0v) is 9.20. The van der Waals surface area contributed by atoms with Crippen LogP contribution in [-0.2, 0) is 9.59 Å². The second kappa shape index (κ2) is 5.59. The molecule has 0 aliphatic heterocycles. The molecular weight excluding hydrogens is 182 g/mol. The first-order chi connectivity index (χ1) is 6.40. The van der Waals surface area contributed by atoms with E-state index in [0.29, 0.717) is 6.54 Å².